The first kappa shape index (κ1) is 37.1. The summed E-state index contributed by atoms with van der Waals surface area (Å²) in [6, 6.07) is 31.8. The zero-order valence-electron chi connectivity index (χ0n) is 29.2. The Morgan fingerprint density at radius 3 is 2.04 bits per heavy atom. The molecule has 1 aliphatic heterocycles. The van der Waals surface area contributed by atoms with Crippen LogP contribution in [-0.4, -0.2) is 65.5 Å². The third kappa shape index (κ3) is 7.77. The highest BCUT2D eigenvalue weighted by Gasteiger charge is 2.48. The number of ether oxygens (including phenoxy) is 6. The monoisotopic (exact) mass is 725 g/mol. The molecule has 1 fully saturated rings. The summed E-state index contributed by atoms with van der Waals surface area (Å²) in [5, 5.41) is 23.4. The lowest BCUT2D eigenvalue weighted by atomic mass is 9.80. The first-order chi connectivity index (χ1) is 25.7. The molecule has 2 heterocycles. The van der Waals surface area contributed by atoms with Crippen molar-refractivity contribution < 1.29 is 38.5 Å². The second-order valence-corrected chi connectivity index (χ2v) is 12.3. The van der Waals surface area contributed by atoms with Crippen LogP contribution in [0.5, 0.6) is 11.5 Å². The smallest absolute Gasteiger partial charge is 0.330 e. The maximum absolute atomic E-state index is 13.0. The standard InChI is InChI=1S/C39H39N3O11/c1-25(31-11-7-8-12-32(31)42(46)47)50-24-51-36-35(44)33(53-37(36)41-22-21-34(43)40-38(41)45)23-52-39(26-9-5-4-6-10-26,27-13-17-29(48-2)18-14-27)28-15-19-30(49-3)20-16-28/h4-22,25,33,35-37,44H,23-24H2,1-3H3,(H,40,43,45)/t25?,33-,35+,36?,37-/m1/s1. The Morgan fingerprint density at radius 2 is 1.45 bits per heavy atom. The fourth-order valence-corrected chi connectivity index (χ4v) is 6.48. The molecule has 0 saturated carbocycles. The van der Waals surface area contributed by atoms with Crippen LogP contribution in [-0.2, 0) is 24.5 Å². The summed E-state index contributed by atoms with van der Waals surface area (Å²) in [6.07, 6.45) is -4.36. The predicted molar refractivity (Wildman–Crippen MR) is 192 cm³/mol. The normalized spacial score (nSPS) is 19.1. The van der Waals surface area contributed by atoms with Crippen LogP contribution < -0.4 is 20.7 Å². The van der Waals surface area contributed by atoms with Crippen molar-refractivity contribution in [1.82, 2.24) is 9.55 Å². The van der Waals surface area contributed by atoms with Crippen molar-refractivity contribution in [2.45, 2.75) is 43.2 Å². The summed E-state index contributed by atoms with van der Waals surface area (Å²) in [7, 11) is 3.16. The molecule has 14 heteroatoms. The molecule has 0 aliphatic carbocycles. The van der Waals surface area contributed by atoms with Crippen molar-refractivity contribution in [3.8, 4) is 11.5 Å². The van der Waals surface area contributed by atoms with Crippen LogP contribution in [0.3, 0.4) is 0 Å². The van der Waals surface area contributed by atoms with E-state index in [1.54, 1.807) is 39.3 Å². The quantitative estimate of drug-likeness (QED) is 0.0654. The van der Waals surface area contributed by atoms with Gasteiger partial charge in [-0.25, -0.2) is 4.79 Å². The molecule has 14 nitrogen and oxygen atoms in total. The first-order valence-corrected chi connectivity index (χ1v) is 16.8. The number of nitrogens with one attached hydrogen (secondary N) is 1. The molecule has 1 saturated heterocycles. The fourth-order valence-electron chi connectivity index (χ4n) is 6.48. The molecule has 0 spiro atoms. The van der Waals surface area contributed by atoms with Gasteiger partial charge in [0.2, 0.25) is 0 Å². The minimum atomic E-state index is -1.37. The third-order valence-corrected chi connectivity index (χ3v) is 9.23. The molecule has 6 rings (SSSR count). The number of aliphatic hydroxyl groups is 1. The number of aromatic nitrogens is 2. The van der Waals surface area contributed by atoms with E-state index in [4.69, 9.17) is 28.4 Å². The van der Waals surface area contributed by atoms with Crippen molar-refractivity contribution in [1.29, 1.82) is 0 Å². The molecule has 53 heavy (non-hydrogen) atoms. The Bertz CT molecular complexity index is 2060. The van der Waals surface area contributed by atoms with Crippen LogP contribution in [0.15, 0.2) is 125 Å². The maximum Gasteiger partial charge on any atom is 0.330 e. The van der Waals surface area contributed by atoms with Gasteiger partial charge < -0.3 is 33.5 Å². The molecule has 0 amide bonds. The lowest BCUT2D eigenvalue weighted by Gasteiger charge is -2.37. The Labute approximate surface area is 304 Å². The third-order valence-electron chi connectivity index (χ3n) is 9.23. The molecular weight excluding hydrogens is 686 g/mol. The number of benzene rings is 4. The van der Waals surface area contributed by atoms with E-state index in [9.17, 15) is 24.8 Å². The predicted octanol–water partition coefficient (Wildman–Crippen LogP) is 4.85. The number of nitro groups is 1. The second-order valence-electron chi connectivity index (χ2n) is 12.3. The summed E-state index contributed by atoms with van der Waals surface area (Å²) in [4.78, 5) is 38.2. The van der Waals surface area contributed by atoms with Crippen LogP contribution in [0.4, 0.5) is 5.69 Å². The van der Waals surface area contributed by atoms with Crippen molar-refractivity contribution in [2.24, 2.45) is 0 Å². The van der Waals surface area contributed by atoms with Crippen molar-refractivity contribution in [3.63, 3.8) is 0 Å². The average Bonchev–Trinajstić information content (AvgIpc) is 3.49. The zero-order chi connectivity index (χ0) is 37.5. The van der Waals surface area contributed by atoms with Gasteiger partial charge in [-0.3, -0.25) is 24.5 Å². The van der Waals surface area contributed by atoms with Gasteiger partial charge >= 0.3 is 5.69 Å². The van der Waals surface area contributed by atoms with Crippen LogP contribution in [0, 0.1) is 10.1 Å². The van der Waals surface area contributed by atoms with Gasteiger partial charge in [-0.1, -0.05) is 66.7 Å². The minimum absolute atomic E-state index is 0.116. The molecule has 276 valence electrons. The van der Waals surface area contributed by atoms with E-state index in [1.807, 2.05) is 78.9 Å². The van der Waals surface area contributed by atoms with Gasteiger partial charge in [0.25, 0.3) is 11.2 Å². The number of H-pyrrole nitrogens is 1. The minimum Gasteiger partial charge on any atom is -0.497 e. The van der Waals surface area contributed by atoms with Crippen molar-refractivity contribution in [3.05, 3.63) is 169 Å². The molecule has 1 aliphatic rings. The van der Waals surface area contributed by atoms with Crippen molar-refractivity contribution in [2.75, 3.05) is 27.6 Å². The van der Waals surface area contributed by atoms with E-state index >= 15 is 0 Å². The van der Waals surface area contributed by atoms with Gasteiger partial charge in [-0.15, -0.1) is 0 Å². The van der Waals surface area contributed by atoms with E-state index in [0.29, 0.717) is 17.1 Å². The Morgan fingerprint density at radius 1 is 0.868 bits per heavy atom. The van der Waals surface area contributed by atoms with Crippen molar-refractivity contribution >= 4 is 5.69 Å². The number of aromatic amines is 1. The van der Waals surface area contributed by atoms with E-state index in [2.05, 4.69) is 4.98 Å². The number of nitrogens with zero attached hydrogens (tertiary/aromatic N) is 2. The maximum atomic E-state index is 13.0. The van der Waals surface area contributed by atoms with Gasteiger partial charge in [0.1, 0.15) is 42.2 Å². The largest absolute Gasteiger partial charge is 0.497 e. The number of nitro benzene ring substituents is 1. The average molecular weight is 726 g/mol. The number of aliphatic hydroxyl groups excluding tert-OH is 1. The zero-order valence-corrected chi connectivity index (χ0v) is 29.2. The summed E-state index contributed by atoms with van der Waals surface area (Å²) < 4.78 is 37.1. The Balaban J connectivity index is 1.33. The first-order valence-electron chi connectivity index (χ1n) is 16.8. The Kier molecular flexibility index (Phi) is 11.5. The highest BCUT2D eigenvalue weighted by molar-refractivity contribution is 5.50. The summed E-state index contributed by atoms with van der Waals surface area (Å²) >= 11 is 0. The fraction of sp³-hybridized carbons (Fsp3) is 0.282. The molecular formula is C39H39N3O11. The lowest BCUT2D eigenvalue weighted by molar-refractivity contribution is -0.386. The van der Waals surface area contributed by atoms with Crippen LogP contribution in [0.2, 0.25) is 0 Å². The van der Waals surface area contributed by atoms with Gasteiger partial charge in [-0.2, -0.15) is 0 Å². The van der Waals surface area contributed by atoms with E-state index in [0.717, 1.165) is 27.3 Å². The van der Waals surface area contributed by atoms with Gasteiger partial charge in [-0.05, 0) is 53.9 Å². The second kappa shape index (κ2) is 16.4. The van der Waals surface area contributed by atoms with Crippen LogP contribution in [0.25, 0.3) is 0 Å². The molecule has 0 radical (unpaired) electrons. The lowest BCUT2D eigenvalue weighted by Crippen LogP contribution is -2.41. The van der Waals surface area contributed by atoms with E-state index < -0.39 is 59.2 Å². The topological polar surface area (TPSA) is 174 Å². The van der Waals surface area contributed by atoms with Crippen LogP contribution >= 0.6 is 0 Å². The molecule has 2 unspecified atom stereocenters. The number of hydrogen-bond acceptors (Lipinski definition) is 11. The van der Waals surface area contributed by atoms with Gasteiger partial charge in [0.05, 0.1) is 37.4 Å². The highest BCUT2D eigenvalue weighted by atomic mass is 16.7. The molecule has 0 bridgehead atoms. The van der Waals surface area contributed by atoms with Gasteiger partial charge in [0, 0.05) is 18.3 Å². The number of rotatable bonds is 15. The number of hydrogen-bond donors (Lipinski definition) is 2. The molecule has 5 atom stereocenters. The number of para-hydroxylation sites is 1. The number of methoxy groups -OCH3 is 2. The van der Waals surface area contributed by atoms with Gasteiger partial charge in [0.15, 0.2) is 6.23 Å². The highest BCUT2D eigenvalue weighted by Crippen LogP contribution is 2.43. The van der Waals surface area contributed by atoms with E-state index in [1.165, 1.54) is 12.3 Å². The van der Waals surface area contributed by atoms with E-state index in [-0.39, 0.29) is 12.3 Å². The summed E-state index contributed by atoms with van der Waals surface area (Å²) in [5.41, 5.74) is -0.143. The molecule has 1 aromatic heterocycles. The Hall–Kier alpha value is -5.64. The SMILES string of the molecule is COc1ccc(C(OC[C@H]2O[C@@H](n3ccc(=O)[nH]c3=O)C(OCOC(C)c3ccccc3[N+](=O)[O-])[C@H]2O)(c2ccccc2)c2ccc(OC)cc2)cc1. The van der Waals surface area contributed by atoms with Crippen LogP contribution in [0.1, 0.15) is 41.5 Å². The summed E-state index contributed by atoms with van der Waals surface area (Å²) in [5.74, 6) is 1.29. The molecule has 2 N–H and O–H groups in total. The summed E-state index contributed by atoms with van der Waals surface area (Å²) in [6.45, 7) is 1.01. The molecule has 5 aromatic rings. The molecule has 4 aromatic carbocycles.